The Hall–Kier alpha value is -2.62. The summed E-state index contributed by atoms with van der Waals surface area (Å²) in [6.45, 7) is 0.653. The Kier molecular flexibility index (Phi) is 4.49. The summed E-state index contributed by atoms with van der Waals surface area (Å²) in [5, 5.41) is 6.04. The first kappa shape index (κ1) is 16.8. The van der Waals surface area contributed by atoms with Crippen molar-refractivity contribution >= 4 is 17.5 Å². The van der Waals surface area contributed by atoms with E-state index in [1.807, 2.05) is 42.5 Å². The third-order valence-electron chi connectivity index (χ3n) is 5.38. The van der Waals surface area contributed by atoms with E-state index < -0.39 is 0 Å². The van der Waals surface area contributed by atoms with E-state index in [1.165, 1.54) is 5.56 Å². The van der Waals surface area contributed by atoms with Gasteiger partial charge in [-0.3, -0.25) is 9.59 Å². The second-order valence-electron chi connectivity index (χ2n) is 7.41. The van der Waals surface area contributed by atoms with Crippen LogP contribution in [0.25, 0.3) is 0 Å². The maximum Gasteiger partial charge on any atom is 0.230 e. The van der Waals surface area contributed by atoms with Gasteiger partial charge < -0.3 is 10.6 Å². The first-order valence-electron chi connectivity index (χ1n) is 9.41. The zero-order valence-corrected chi connectivity index (χ0v) is 14.8. The highest BCUT2D eigenvalue weighted by molar-refractivity contribution is 5.94. The normalized spacial score (nSPS) is 17.4. The van der Waals surface area contributed by atoms with Crippen LogP contribution in [0, 0.1) is 5.92 Å². The van der Waals surface area contributed by atoms with Gasteiger partial charge in [0.25, 0.3) is 0 Å². The second-order valence-corrected chi connectivity index (χ2v) is 7.41. The number of carbonyl (C=O) groups is 2. The van der Waals surface area contributed by atoms with Crippen LogP contribution in [0.2, 0.25) is 0 Å². The molecule has 4 nitrogen and oxygen atoms in total. The lowest BCUT2D eigenvalue weighted by Gasteiger charge is -2.16. The Bertz CT molecular complexity index is 791. The average Bonchev–Trinajstić information content (AvgIpc) is 3.57. The van der Waals surface area contributed by atoms with Crippen molar-refractivity contribution in [2.75, 3.05) is 11.9 Å². The molecule has 0 radical (unpaired) electrons. The molecule has 0 unspecified atom stereocenters. The van der Waals surface area contributed by atoms with Crippen LogP contribution in [0.1, 0.15) is 36.8 Å². The van der Waals surface area contributed by atoms with Gasteiger partial charge in [0.15, 0.2) is 0 Å². The summed E-state index contributed by atoms with van der Waals surface area (Å²) < 4.78 is 0. The lowest BCUT2D eigenvalue weighted by Crippen LogP contribution is -2.35. The molecule has 0 heterocycles. The Morgan fingerprint density at radius 2 is 1.65 bits per heavy atom. The molecule has 0 aliphatic heterocycles. The van der Waals surface area contributed by atoms with Gasteiger partial charge >= 0.3 is 0 Å². The van der Waals surface area contributed by atoms with E-state index >= 15 is 0 Å². The van der Waals surface area contributed by atoms with E-state index in [2.05, 4.69) is 22.8 Å². The molecule has 0 saturated heterocycles. The van der Waals surface area contributed by atoms with Crippen molar-refractivity contribution in [3.05, 3.63) is 65.7 Å². The molecule has 2 aliphatic rings. The van der Waals surface area contributed by atoms with Crippen molar-refractivity contribution in [1.82, 2.24) is 5.32 Å². The number of benzene rings is 2. The van der Waals surface area contributed by atoms with Crippen molar-refractivity contribution in [2.45, 2.75) is 37.5 Å². The van der Waals surface area contributed by atoms with Crippen molar-refractivity contribution in [3.63, 3.8) is 0 Å². The predicted molar refractivity (Wildman–Crippen MR) is 102 cm³/mol. The maximum absolute atomic E-state index is 12.7. The van der Waals surface area contributed by atoms with Crippen LogP contribution in [-0.2, 0) is 21.4 Å². The third-order valence-corrected chi connectivity index (χ3v) is 5.38. The summed E-state index contributed by atoms with van der Waals surface area (Å²) in [5.74, 6) is 0.417. The van der Waals surface area contributed by atoms with Crippen LogP contribution in [0.4, 0.5) is 5.69 Å². The van der Waals surface area contributed by atoms with Gasteiger partial charge in [0.05, 0.1) is 5.41 Å². The van der Waals surface area contributed by atoms with Crippen molar-refractivity contribution in [2.24, 2.45) is 5.92 Å². The Morgan fingerprint density at radius 1 is 0.962 bits per heavy atom. The molecule has 2 fully saturated rings. The number of rotatable bonds is 7. The first-order chi connectivity index (χ1) is 12.7. The number of hydrogen-bond acceptors (Lipinski definition) is 2. The summed E-state index contributed by atoms with van der Waals surface area (Å²) in [6, 6.07) is 18.0. The molecule has 4 heteroatoms. The molecular formula is C22H24N2O2. The fourth-order valence-corrected chi connectivity index (χ4v) is 3.37. The molecule has 0 spiro atoms. The zero-order valence-electron chi connectivity index (χ0n) is 14.8. The highest BCUT2D eigenvalue weighted by atomic mass is 16.2. The quantitative estimate of drug-likeness (QED) is 0.805. The van der Waals surface area contributed by atoms with E-state index in [1.54, 1.807) is 0 Å². The van der Waals surface area contributed by atoms with Crippen LogP contribution >= 0.6 is 0 Å². The molecule has 134 valence electrons. The Morgan fingerprint density at radius 3 is 2.27 bits per heavy atom. The topological polar surface area (TPSA) is 58.2 Å². The molecule has 0 bridgehead atoms. The van der Waals surface area contributed by atoms with E-state index in [0.29, 0.717) is 6.54 Å². The number of hydrogen-bond donors (Lipinski definition) is 2. The molecule has 0 atom stereocenters. The summed E-state index contributed by atoms with van der Waals surface area (Å²) >= 11 is 0. The number of nitrogens with one attached hydrogen (secondary N) is 2. The van der Waals surface area contributed by atoms with Gasteiger partial charge in [0.1, 0.15) is 0 Å². The maximum atomic E-state index is 12.7. The molecule has 2 aromatic carbocycles. The smallest absolute Gasteiger partial charge is 0.230 e. The lowest BCUT2D eigenvalue weighted by molar-refractivity contribution is -0.123. The van der Waals surface area contributed by atoms with Crippen LogP contribution in [0.5, 0.6) is 0 Å². The van der Waals surface area contributed by atoms with E-state index in [-0.39, 0.29) is 23.1 Å². The van der Waals surface area contributed by atoms with Crippen LogP contribution in [0.3, 0.4) is 0 Å². The zero-order chi connectivity index (χ0) is 18.0. The second kappa shape index (κ2) is 6.94. The Balaban J connectivity index is 1.33. The minimum Gasteiger partial charge on any atom is -0.355 e. The summed E-state index contributed by atoms with van der Waals surface area (Å²) in [4.78, 5) is 24.5. The molecular weight excluding hydrogens is 324 g/mol. The molecule has 2 saturated carbocycles. The van der Waals surface area contributed by atoms with Crippen LogP contribution in [0.15, 0.2) is 54.6 Å². The number of carbonyl (C=O) groups excluding carboxylic acids is 2. The summed E-state index contributed by atoms with van der Waals surface area (Å²) in [5.41, 5.74) is 2.70. The van der Waals surface area contributed by atoms with Crippen molar-refractivity contribution < 1.29 is 9.59 Å². The van der Waals surface area contributed by atoms with Gasteiger partial charge in [-0.05, 0) is 55.4 Å². The van der Waals surface area contributed by atoms with Gasteiger partial charge in [0, 0.05) is 18.2 Å². The first-order valence-corrected chi connectivity index (χ1v) is 9.41. The molecule has 0 aromatic heterocycles. The van der Waals surface area contributed by atoms with Crippen LogP contribution in [-0.4, -0.2) is 18.4 Å². The molecule has 2 aromatic rings. The fourth-order valence-electron chi connectivity index (χ4n) is 3.37. The highest BCUT2D eigenvalue weighted by Gasteiger charge is 2.51. The van der Waals surface area contributed by atoms with Gasteiger partial charge in [0.2, 0.25) is 11.8 Å². The molecule has 4 rings (SSSR count). The van der Waals surface area contributed by atoms with Gasteiger partial charge in [-0.25, -0.2) is 0 Å². The predicted octanol–water partition coefficient (Wildman–Crippen LogP) is 3.43. The summed E-state index contributed by atoms with van der Waals surface area (Å²) in [6.07, 6.45) is 4.61. The van der Waals surface area contributed by atoms with E-state index in [9.17, 15) is 9.59 Å². The van der Waals surface area contributed by atoms with Gasteiger partial charge in [-0.1, -0.05) is 42.5 Å². The van der Waals surface area contributed by atoms with Crippen molar-refractivity contribution in [1.29, 1.82) is 0 Å². The highest BCUT2D eigenvalue weighted by Crippen LogP contribution is 2.48. The number of anilines is 1. The minimum absolute atomic E-state index is 0.109. The van der Waals surface area contributed by atoms with Gasteiger partial charge in [-0.2, -0.15) is 0 Å². The van der Waals surface area contributed by atoms with Crippen molar-refractivity contribution in [3.8, 4) is 0 Å². The monoisotopic (exact) mass is 348 g/mol. The Labute approximate surface area is 154 Å². The van der Waals surface area contributed by atoms with E-state index in [4.69, 9.17) is 0 Å². The van der Waals surface area contributed by atoms with E-state index in [0.717, 1.165) is 43.4 Å². The fraction of sp³-hybridized carbons (Fsp3) is 0.364. The largest absolute Gasteiger partial charge is 0.355 e. The third kappa shape index (κ3) is 3.64. The molecule has 2 amide bonds. The minimum atomic E-state index is -0.379. The summed E-state index contributed by atoms with van der Waals surface area (Å²) in [7, 11) is 0. The average molecular weight is 348 g/mol. The van der Waals surface area contributed by atoms with Crippen LogP contribution < -0.4 is 10.6 Å². The standard InChI is InChI=1S/C22H24N2O2/c25-20(17-6-7-17)24-19-10-8-18(9-11-19)22(13-14-22)21(26)23-15-12-16-4-2-1-3-5-16/h1-5,8-11,17H,6-7,12-15H2,(H,23,26)(H,24,25). The number of amides is 2. The SMILES string of the molecule is O=C(Nc1ccc(C2(C(=O)NCCc3ccccc3)CC2)cc1)C1CC1. The molecule has 2 N–H and O–H groups in total. The lowest BCUT2D eigenvalue weighted by atomic mass is 9.94. The van der Waals surface area contributed by atoms with Gasteiger partial charge in [-0.15, -0.1) is 0 Å². The molecule has 26 heavy (non-hydrogen) atoms. The molecule has 2 aliphatic carbocycles.